The Kier molecular flexibility index (Phi) is 4.16. The van der Waals surface area contributed by atoms with E-state index in [2.05, 4.69) is 5.32 Å². The maximum atomic E-state index is 12.5. The van der Waals surface area contributed by atoms with Crippen molar-refractivity contribution < 1.29 is 4.79 Å². The maximum absolute atomic E-state index is 12.5. The van der Waals surface area contributed by atoms with Gasteiger partial charge in [0.15, 0.2) is 5.11 Å². The van der Waals surface area contributed by atoms with Gasteiger partial charge in [0.1, 0.15) is 5.70 Å². The van der Waals surface area contributed by atoms with Crippen LogP contribution in [0, 0.1) is 0 Å². The molecule has 2 aromatic carbocycles. The summed E-state index contributed by atoms with van der Waals surface area (Å²) >= 11 is 17.4. The van der Waals surface area contributed by atoms with E-state index in [9.17, 15) is 4.79 Å². The number of benzene rings is 2. The molecule has 1 saturated heterocycles. The van der Waals surface area contributed by atoms with Gasteiger partial charge in [0.25, 0.3) is 5.91 Å². The van der Waals surface area contributed by atoms with Crippen LogP contribution in [0.4, 0.5) is 5.69 Å². The molecule has 1 aliphatic rings. The van der Waals surface area contributed by atoms with Gasteiger partial charge in [-0.2, -0.15) is 0 Å². The molecule has 1 fully saturated rings. The minimum atomic E-state index is -0.229. The second-order valence-electron chi connectivity index (χ2n) is 4.61. The van der Waals surface area contributed by atoms with E-state index >= 15 is 0 Å². The first kappa shape index (κ1) is 15.0. The molecule has 1 heterocycles. The number of hydrogen-bond donors (Lipinski definition) is 1. The third kappa shape index (κ3) is 2.73. The van der Waals surface area contributed by atoms with E-state index in [0.717, 1.165) is 0 Å². The number of carbonyl (C=O) groups is 1. The van der Waals surface area contributed by atoms with Gasteiger partial charge in [-0.15, -0.1) is 0 Å². The molecule has 1 N–H and O–H groups in total. The molecule has 3 rings (SSSR count). The Balaban J connectivity index is 1.98. The van der Waals surface area contributed by atoms with E-state index in [1.54, 1.807) is 24.3 Å². The number of hydrogen-bond acceptors (Lipinski definition) is 2. The van der Waals surface area contributed by atoms with E-state index in [-0.39, 0.29) is 5.91 Å². The van der Waals surface area contributed by atoms with Crippen LogP contribution in [-0.2, 0) is 4.79 Å². The summed E-state index contributed by atoms with van der Waals surface area (Å²) in [6, 6.07) is 14.5. The average molecular weight is 349 g/mol. The Hall–Kier alpha value is -1.88. The lowest BCUT2D eigenvalue weighted by atomic mass is 10.2. The topological polar surface area (TPSA) is 32.3 Å². The van der Waals surface area contributed by atoms with Gasteiger partial charge in [-0.1, -0.05) is 53.5 Å². The molecule has 2 aromatic rings. The third-order valence-electron chi connectivity index (χ3n) is 3.17. The van der Waals surface area contributed by atoms with Gasteiger partial charge in [0.2, 0.25) is 0 Å². The number of rotatable bonds is 2. The zero-order chi connectivity index (χ0) is 15.7. The molecule has 0 radical (unpaired) electrons. The van der Waals surface area contributed by atoms with Crippen LogP contribution in [0.15, 0.2) is 54.2 Å². The van der Waals surface area contributed by atoms with E-state index in [1.165, 1.54) is 4.90 Å². The molecule has 0 atom stereocenters. The quantitative estimate of drug-likeness (QED) is 0.650. The molecule has 0 spiro atoms. The standard InChI is InChI=1S/C16H10Cl2N2OS/c17-12-8-4-5-10(14(12)18)9-13-15(21)20(16(22)19-13)11-6-2-1-3-7-11/h1-9H,(H,19,22)/b13-9+. The summed E-state index contributed by atoms with van der Waals surface area (Å²) in [6.07, 6.45) is 1.64. The first-order valence-corrected chi connectivity index (χ1v) is 7.60. The van der Waals surface area contributed by atoms with Crippen molar-refractivity contribution in [2.24, 2.45) is 0 Å². The smallest absolute Gasteiger partial charge is 0.281 e. The number of carbonyl (C=O) groups excluding carboxylic acids is 1. The van der Waals surface area contributed by atoms with Crippen molar-refractivity contribution in [2.75, 3.05) is 4.90 Å². The normalized spacial score (nSPS) is 16.3. The highest BCUT2D eigenvalue weighted by atomic mass is 35.5. The monoisotopic (exact) mass is 348 g/mol. The van der Waals surface area contributed by atoms with Crippen molar-refractivity contribution >= 4 is 58.2 Å². The second-order valence-corrected chi connectivity index (χ2v) is 5.78. The fraction of sp³-hybridized carbons (Fsp3) is 0. The lowest BCUT2D eigenvalue weighted by molar-refractivity contribution is -0.113. The van der Waals surface area contributed by atoms with E-state index in [0.29, 0.717) is 32.1 Å². The highest BCUT2D eigenvalue weighted by Gasteiger charge is 2.31. The summed E-state index contributed by atoms with van der Waals surface area (Å²) < 4.78 is 0. The largest absolute Gasteiger partial charge is 0.327 e. The van der Waals surface area contributed by atoms with Crippen LogP contribution in [0.25, 0.3) is 6.08 Å². The molecule has 6 heteroatoms. The maximum Gasteiger partial charge on any atom is 0.281 e. The minimum absolute atomic E-state index is 0.229. The summed E-state index contributed by atoms with van der Waals surface area (Å²) in [4.78, 5) is 14.0. The predicted molar refractivity (Wildman–Crippen MR) is 94.1 cm³/mol. The Morgan fingerprint density at radius 1 is 1.05 bits per heavy atom. The van der Waals surface area contributed by atoms with Gasteiger partial charge in [0, 0.05) is 0 Å². The van der Waals surface area contributed by atoms with Crippen LogP contribution in [0.3, 0.4) is 0 Å². The number of nitrogens with one attached hydrogen (secondary N) is 1. The summed E-state index contributed by atoms with van der Waals surface area (Å²) in [5, 5.41) is 4.08. The second kappa shape index (κ2) is 6.08. The SMILES string of the molecule is O=C1/C(=C\c2cccc(Cl)c2Cl)NC(=S)N1c1ccccc1. The van der Waals surface area contributed by atoms with Gasteiger partial charge in [-0.25, -0.2) is 0 Å². The molecule has 3 nitrogen and oxygen atoms in total. The Bertz CT molecular complexity index is 790. The molecule has 0 saturated carbocycles. The summed E-state index contributed by atoms with van der Waals surface area (Å²) in [6.45, 7) is 0. The van der Waals surface area contributed by atoms with E-state index in [1.807, 2.05) is 30.3 Å². The van der Waals surface area contributed by atoms with Crippen LogP contribution in [0.1, 0.15) is 5.56 Å². The molecule has 22 heavy (non-hydrogen) atoms. The fourth-order valence-electron chi connectivity index (χ4n) is 2.13. The van der Waals surface area contributed by atoms with Crippen molar-refractivity contribution in [3.8, 4) is 0 Å². The Labute approximate surface area is 143 Å². The number of halogens is 2. The zero-order valence-corrected chi connectivity index (χ0v) is 13.5. The lowest BCUT2D eigenvalue weighted by Crippen LogP contribution is -2.30. The van der Waals surface area contributed by atoms with E-state index in [4.69, 9.17) is 35.4 Å². The van der Waals surface area contributed by atoms with Crippen molar-refractivity contribution in [2.45, 2.75) is 0 Å². The Morgan fingerprint density at radius 2 is 1.77 bits per heavy atom. The van der Waals surface area contributed by atoms with Gasteiger partial charge >= 0.3 is 0 Å². The van der Waals surface area contributed by atoms with Gasteiger partial charge in [-0.3, -0.25) is 9.69 Å². The minimum Gasteiger partial charge on any atom is -0.327 e. The number of para-hydroxylation sites is 1. The summed E-state index contributed by atoms with van der Waals surface area (Å²) in [5.74, 6) is -0.229. The van der Waals surface area contributed by atoms with Crippen LogP contribution in [0.5, 0.6) is 0 Å². The van der Waals surface area contributed by atoms with Crippen LogP contribution in [-0.4, -0.2) is 11.0 Å². The molecule has 1 amide bonds. The average Bonchev–Trinajstić information content (AvgIpc) is 2.79. The molecule has 0 aliphatic carbocycles. The highest BCUT2D eigenvalue weighted by molar-refractivity contribution is 7.80. The van der Waals surface area contributed by atoms with Crippen molar-refractivity contribution in [3.05, 3.63) is 69.8 Å². The van der Waals surface area contributed by atoms with Crippen molar-refractivity contribution in [1.82, 2.24) is 5.32 Å². The summed E-state index contributed by atoms with van der Waals surface area (Å²) in [7, 11) is 0. The highest BCUT2D eigenvalue weighted by Crippen LogP contribution is 2.28. The molecule has 0 unspecified atom stereocenters. The Morgan fingerprint density at radius 3 is 2.50 bits per heavy atom. The van der Waals surface area contributed by atoms with Gasteiger partial charge in [-0.05, 0) is 42.1 Å². The molecule has 0 aromatic heterocycles. The predicted octanol–water partition coefficient (Wildman–Crippen LogP) is 4.26. The lowest BCUT2D eigenvalue weighted by Gasteiger charge is -2.13. The number of nitrogens with zero attached hydrogens (tertiary/aromatic N) is 1. The third-order valence-corrected chi connectivity index (χ3v) is 4.29. The number of thiocarbonyl (C=S) groups is 1. The van der Waals surface area contributed by atoms with Crippen LogP contribution < -0.4 is 10.2 Å². The first-order valence-electron chi connectivity index (χ1n) is 6.44. The number of anilines is 1. The van der Waals surface area contributed by atoms with E-state index < -0.39 is 0 Å². The van der Waals surface area contributed by atoms with Crippen LogP contribution in [0.2, 0.25) is 10.0 Å². The van der Waals surface area contributed by atoms with Crippen LogP contribution >= 0.6 is 35.4 Å². The molecule has 1 aliphatic heterocycles. The van der Waals surface area contributed by atoms with Gasteiger partial charge < -0.3 is 5.32 Å². The molecular weight excluding hydrogens is 339 g/mol. The molecular formula is C16H10Cl2N2OS. The van der Waals surface area contributed by atoms with Crippen molar-refractivity contribution in [3.63, 3.8) is 0 Å². The zero-order valence-electron chi connectivity index (χ0n) is 11.2. The molecule has 110 valence electrons. The fourth-order valence-corrected chi connectivity index (χ4v) is 2.79. The van der Waals surface area contributed by atoms with Gasteiger partial charge in [0.05, 0.1) is 15.7 Å². The molecule has 0 bridgehead atoms. The number of amides is 1. The summed E-state index contributed by atoms with van der Waals surface area (Å²) in [5.41, 5.74) is 1.73. The van der Waals surface area contributed by atoms with Crippen molar-refractivity contribution in [1.29, 1.82) is 0 Å². The first-order chi connectivity index (χ1) is 10.6.